The lowest BCUT2D eigenvalue weighted by Crippen LogP contribution is -2.68. The maximum Gasteiger partial charge on any atom is 0.317 e. The number of rotatable bonds is 2. The van der Waals surface area contributed by atoms with E-state index in [0.717, 1.165) is 13.0 Å². The zero-order chi connectivity index (χ0) is 9.19. The molecule has 0 atom stereocenters. The number of hydrogen-bond acceptors (Lipinski definition) is 2. The minimum Gasteiger partial charge on any atom is -0.338 e. The van der Waals surface area contributed by atoms with Crippen molar-refractivity contribution in [2.45, 2.75) is 25.8 Å². The summed E-state index contributed by atoms with van der Waals surface area (Å²) in [7, 11) is 0. The third-order valence-electron chi connectivity index (χ3n) is 1.92. The summed E-state index contributed by atoms with van der Waals surface area (Å²) in [5.74, 6) is 0. The number of nitrogens with one attached hydrogen (secondary N) is 1. The number of nitrogens with zero attached hydrogens (tertiary/aromatic N) is 1. The highest BCUT2D eigenvalue weighted by atomic mass is 16.2. The molecule has 3 N–H and O–H groups in total. The first kappa shape index (κ1) is 9.32. The van der Waals surface area contributed by atoms with Gasteiger partial charge in [0.15, 0.2) is 0 Å². The van der Waals surface area contributed by atoms with Crippen molar-refractivity contribution < 1.29 is 4.79 Å². The van der Waals surface area contributed by atoms with Crippen LogP contribution >= 0.6 is 0 Å². The molecule has 0 aromatic carbocycles. The Labute approximate surface area is 73.1 Å². The van der Waals surface area contributed by atoms with Crippen LogP contribution in [0.2, 0.25) is 0 Å². The van der Waals surface area contributed by atoms with Gasteiger partial charge in [-0.05, 0) is 13.3 Å². The van der Waals surface area contributed by atoms with Crippen molar-refractivity contribution in [1.29, 1.82) is 0 Å². The first-order valence-corrected chi connectivity index (χ1v) is 4.37. The maximum absolute atomic E-state index is 11.2. The summed E-state index contributed by atoms with van der Waals surface area (Å²) < 4.78 is 0. The summed E-state index contributed by atoms with van der Waals surface area (Å²) in [5.41, 5.74) is 5.59. The number of carbonyl (C=O) groups excluding carboxylic acids is 1. The predicted molar refractivity (Wildman–Crippen MR) is 47.9 cm³/mol. The van der Waals surface area contributed by atoms with Gasteiger partial charge in [0, 0.05) is 25.2 Å². The molecule has 0 spiro atoms. The predicted octanol–water partition coefficient (Wildman–Crippen LogP) is 0.139. The third-order valence-corrected chi connectivity index (χ3v) is 1.92. The summed E-state index contributed by atoms with van der Waals surface area (Å²) >= 11 is 0. The van der Waals surface area contributed by atoms with E-state index in [1.807, 2.05) is 13.8 Å². The number of amides is 2. The van der Waals surface area contributed by atoms with Crippen molar-refractivity contribution in [3.05, 3.63) is 0 Å². The lowest BCUT2D eigenvalue weighted by atomic mass is 9.94. The Morgan fingerprint density at radius 1 is 1.67 bits per heavy atom. The maximum atomic E-state index is 11.2. The van der Waals surface area contributed by atoms with Crippen LogP contribution in [0.5, 0.6) is 0 Å². The van der Waals surface area contributed by atoms with Gasteiger partial charge in [-0.1, -0.05) is 6.92 Å². The number of hydrogen-bond donors (Lipinski definition) is 2. The van der Waals surface area contributed by atoms with Crippen LogP contribution in [0.1, 0.15) is 20.3 Å². The van der Waals surface area contributed by atoms with Crippen LogP contribution in [0.4, 0.5) is 4.79 Å². The van der Waals surface area contributed by atoms with Crippen molar-refractivity contribution in [2.75, 3.05) is 19.6 Å². The quantitative estimate of drug-likeness (QED) is 0.621. The van der Waals surface area contributed by atoms with Gasteiger partial charge in [-0.3, -0.25) is 0 Å². The molecule has 1 aliphatic heterocycles. The molecule has 4 heteroatoms. The minimum absolute atomic E-state index is 0.0137. The Morgan fingerprint density at radius 3 is 2.67 bits per heavy atom. The van der Waals surface area contributed by atoms with Crippen LogP contribution in [-0.2, 0) is 0 Å². The molecule has 0 aromatic rings. The third kappa shape index (κ3) is 2.11. The molecule has 1 rings (SSSR count). The fourth-order valence-corrected chi connectivity index (χ4v) is 1.31. The van der Waals surface area contributed by atoms with E-state index in [2.05, 4.69) is 5.32 Å². The molecule has 0 bridgehead atoms. The highest BCUT2D eigenvalue weighted by molar-refractivity contribution is 5.75. The molecule has 1 heterocycles. The molecular formula is C8H17N3O. The average Bonchev–Trinajstić information content (AvgIpc) is 1.95. The number of urea groups is 1. The lowest BCUT2D eigenvalue weighted by molar-refractivity contribution is 0.107. The summed E-state index contributed by atoms with van der Waals surface area (Å²) in [5, 5.41) is 2.80. The van der Waals surface area contributed by atoms with Crippen LogP contribution in [0, 0.1) is 0 Å². The molecule has 70 valence electrons. The zero-order valence-electron chi connectivity index (χ0n) is 7.76. The number of carbonyl (C=O) groups is 1. The second-order valence-electron chi connectivity index (χ2n) is 3.74. The highest BCUT2D eigenvalue weighted by Gasteiger charge is 2.37. The fraction of sp³-hybridized carbons (Fsp3) is 0.875. The molecule has 0 radical (unpaired) electrons. The molecule has 12 heavy (non-hydrogen) atoms. The summed E-state index contributed by atoms with van der Waals surface area (Å²) in [6.07, 6.45) is 0.972. The van der Waals surface area contributed by atoms with Crippen LogP contribution in [0.3, 0.4) is 0 Å². The summed E-state index contributed by atoms with van der Waals surface area (Å²) in [6.45, 7) is 6.07. The second-order valence-corrected chi connectivity index (χ2v) is 3.74. The topological polar surface area (TPSA) is 58.4 Å². The van der Waals surface area contributed by atoms with E-state index < -0.39 is 0 Å². The molecule has 1 fully saturated rings. The van der Waals surface area contributed by atoms with Crippen LogP contribution < -0.4 is 11.1 Å². The van der Waals surface area contributed by atoms with Crippen LogP contribution in [0.25, 0.3) is 0 Å². The second kappa shape index (κ2) is 3.31. The number of likely N-dealkylation sites (tertiary alicyclic amines) is 1. The molecule has 0 aromatic heterocycles. The van der Waals surface area contributed by atoms with Gasteiger partial charge in [0.05, 0.1) is 0 Å². The smallest absolute Gasteiger partial charge is 0.317 e. The van der Waals surface area contributed by atoms with E-state index in [1.54, 1.807) is 4.90 Å². The Balaban J connectivity index is 2.19. The van der Waals surface area contributed by atoms with Crippen LogP contribution in [-0.4, -0.2) is 36.1 Å². The van der Waals surface area contributed by atoms with E-state index in [1.165, 1.54) is 0 Å². The molecule has 1 aliphatic rings. The molecule has 2 amide bonds. The molecule has 4 nitrogen and oxygen atoms in total. The van der Waals surface area contributed by atoms with E-state index in [4.69, 9.17) is 5.73 Å². The average molecular weight is 171 g/mol. The Morgan fingerprint density at radius 2 is 2.25 bits per heavy atom. The van der Waals surface area contributed by atoms with Gasteiger partial charge in [0.25, 0.3) is 0 Å². The SMILES string of the molecule is CCCNC(=O)N1CC(C)(N)C1. The largest absolute Gasteiger partial charge is 0.338 e. The lowest BCUT2D eigenvalue weighted by Gasteiger charge is -2.45. The molecule has 0 unspecified atom stereocenters. The highest BCUT2D eigenvalue weighted by Crippen LogP contribution is 2.16. The molecule has 0 aliphatic carbocycles. The Kier molecular flexibility index (Phi) is 2.57. The van der Waals surface area contributed by atoms with E-state index in [-0.39, 0.29) is 11.6 Å². The van der Waals surface area contributed by atoms with Crippen LogP contribution in [0.15, 0.2) is 0 Å². The monoisotopic (exact) mass is 171 g/mol. The van der Waals surface area contributed by atoms with Crippen molar-refractivity contribution in [1.82, 2.24) is 10.2 Å². The fourth-order valence-electron chi connectivity index (χ4n) is 1.31. The van der Waals surface area contributed by atoms with E-state index in [9.17, 15) is 4.79 Å². The van der Waals surface area contributed by atoms with Crippen molar-refractivity contribution >= 4 is 6.03 Å². The van der Waals surface area contributed by atoms with Gasteiger partial charge < -0.3 is 16.0 Å². The van der Waals surface area contributed by atoms with Gasteiger partial charge in [-0.2, -0.15) is 0 Å². The Bertz CT molecular complexity index is 171. The summed E-state index contributed by atoms with van der Waals surface area (Å²) in [6, 6.07) is 0.0137. The summed E-state index contributed by atoms with van der Waals surface area (Å²) in [4.78, 5) is 13.0. The van der Waals surface area contributed by atoms with Gasteiger partial charge in [0.2, 0.25) is 0 Å². The Hall–Kier alpha value is -0.770. The first-order chi connectivity index (χ1) is 5.55. The molecule has 0 saturated carbocycles. The van der Waals surface area contributed by atoms with Gasteiger partial charge >= 0.3 is 6.03 Å². The van der Waals surface area contributed by atoms with Gasteiger partial charge in [-0.15, -0.1) is 0 Å². The van der Waals surface area contributed by atoms with E-state index in [0.29, 0.717) is 13.1 Å². The van der Waals surface area contributed by atoms with Crippen molar-refractivity contribution in [3.63, 3.8) is 0 Å². The minimum atomic E-state index is -0.163. The molecular weight excluding hydrogens is 154 g/mol. The van der Waals surface area contributed by atoms with Crippen molar-refractivity contribution in [3.8, 4) is 0 Å². The first-order valence-electron chi connectivity index (χ1n) is 4.37. The van der Waals surface area contributed by atoms with Gasteiger partial charge in [-0.25, -0.2) is 4.79 Å². The van der Waals surface area contributed by atoms with Crippen molar-refractivity contribution in [2.24, 2.45) is 5.73 Å². The van der Waals surface area contributed by atoms with E-state index >= 15 is 0 Å². The number of nitrogens with two attached hydrogens (primary N) is 1. The molecule has 1 saturated heterocycles. The standard InChI is InChI=1S/C8H17N3O/c1-3-4-10-7(12)11-5-8(2,9)6-11/h3-6,9H2,1-2H3,(H,10,12). The zero-order valence-corrected chi connectivity index (χ0v) is 7.76. The van der Waals surface area contributed by atoms with Gasteiger partial charge in [0.1, 0.15) is 0 Å². The normalized spacial score (nSPS) is 20.1.